The quantitative estimate of drug-likeness (QED) is 0.169. The van der Waals surface area contributed by atoms with Crippen molar-refractivity contribution in [2.45, 2.75) is 26.7 Å². The van der Waals surface area contributed by atoms with Crippen molar-refractivity contribution >= 4 is 21.9 Å². The van der Waals surface area contributed by atoms with Gasteiger partial charge in [0.05, 0.1) is 22.6 Å². The Morgan fingerprint density at radius 3 is 2.62 bits per heavy atom. The van der Waals surface area contributed by atoms with E-state index < -0.39 is 18.5 Å². The number of nitrogens with one attached hydrogen (secondary N) is 1. The van der Waals surface area contributed by atoms with Gasteiger partial charge in [-0.3, -0.25) is 9.78 Å². The van der Waals surface area contributed by atoms with Crippen LogP contribution in [0, 0.1) is 24.2 Å². The number of aliphatic hydroxyl groups is 1. The highest BCUT2D eigenvalue weighted by Crippen LogP contribution is 2.37. The first-order chi connectivity index (χ1) is 21.9. The number of aliphatic hydroxyl groups excluding tert-OH is 1. The lowest BCUT2D eigenvalue weighted by atomic mass is 9.96. The third kappa shape index (κ3) is 7.91. The number of carboxylic acids is 1. The number of hydrogen-bond acceptors (Lipinski definition) is 9. The third-order valence-corrected chi connectivity index (χ3v) is 8.01. The van der Waals surface area contributed by atoms with Crippen LogP contribution >= 0.6 is 15.9 Å². The normalized spacial score (nSPS) is 12.7. The summed E-state index contributed by atoms with van der Waals surface area (Å²) >= 11 is 3.62. The van der Waals surface area contributed by atoms with E-state index in [1.165, 1.54) is 6.20 Å². The molecule has 5 rings (SSSR count). The van der Waals surface area contributed by atoms with Gasteiger partial charge in [-0.05, 0) is 69.4 Å². The first-order valence-corrected chi connectivity index (χ1v) is 15.1. The summed E-state index contributed by atoms with van der Waals surface area (Å²) in [4.78, 5) is 15.4. The molecule has 4 aromatic rings. The number of nitriles is 1. The van der Waals surface area contributed by atoms with Gasteiger partial charge in [-0.15, -0.1) is 0 Å². The molecule has 0 radical (unpaired) electrons. The number of aromatic nitrogens is 1. The maximum Gasteiger partial charge on any atom is 0.310 e. The van der Waals surface area contributed by atoms with Crippen LogP contribution in [0.15, 0.2) is 71.5 Å². The van der Waals surface area contributed by atoms with Crippen LogP contribution in [-0.2, 0) is 24.6 Å². The van der Waals surface area contributed by atoms with Crippen LogP contribution in [0.1, 0.15) is 27.8 Å². The number of carboxylic acid groups (broad SMARTS) is 1. The van der Waals surface area contributed by atoms with Crippen LogP contribution in [0.2, 0.25) is 0 Å². The predicted octanol–water partition coefficient (Wildman–Crippen LogP) is 5.40. The number of ether oxygens (including phenoxy) is 4. The summed E-state index contributed by atoms with van der Waals surface area (Å²) in [7, 11) is 0. The van der Waals surface area contributed by atoms with Crippen LogP contribution < -0.4 is 24.3 Å². The van der Waals surface area contributed by atoms with Gasteiger partial charge < -0.3 is 34.5 Å². The average molecular weight is 675 g/mol. The summed E-state index contributed by atoms with van der Waals surface area (Å²) in [5.74, 6) is 0.538. The smallest absolute Gasteiger partial charge is 0.310 e. The molecule has 3 aromatic carbocycles. The maximum absolute atomic E-state index is 11.3. The molecule has 0 aliphatic carbocycles. The molecule has 2 heterocycles. The molecule has 1 aliphatic heterocycles. The van der Waals surface area contributed by atoms with Crippen molar-refractivity contribution in [1.29, 1.82) is 5.26 Å². The zero-order valence-corrected chi connectivity index (χ0v) is 26.2. The fourth-order valence-electron chi connectivity index (χ4n) is 4.88. The number of fused-ring (bicyclic) bond motifs is 1. The molecule has 45 heavy (non-hydrogen) atoms. The molecule has 0 fully saturated rings. The van der Waals surface area contributed by atoms with E-state index >= 15 is 0 Å². The fourth-order valence-corrected chi connectivity index (χ4v) is 5.38. The van der Waals surface area contributed by atoms with Crippen LogP contribution in [0.5, 0.6) is 23.0 Å². The number of benzene rings is 3. The Hall–Kier alpha value is -4.63. The molecule has 0 spiro atoms. The minimum Gasteiger partial charge on any atom is -0.488 e. The molecule has 232 valence electrons. The minimum absolute atomic E-state index is 0.0776. The summed E-state index contributed by atoms with van der Waals surface area (Å²) in [6.07, 6.45) is 3.11. The van der Waals surface area contributed by atoms with Gasteiger partial charge in [0.2, 0.25) is 0 Å². The molecule has 3 N–H and O–H groups in total. The largest absolute Gasteiger partial charge is 0.488 e. The van der Waals surface area contributed by atoms with E-state index in [0.29, 0.717) is 41.4 Å². The highest BCUT2D eigenvalue weighted by molar-refractivity contribution is 9.10. The lowest BCUT2D eigenvalue weighted by molar-refractivity contribution is -0.142. The number of pyridine rings is 1. The Morgan fingerprint density at radius 2 is 1.84 bits per heavy atom. The Kier molecular flexibility index (Phi) is 10.5. The van der Waals surface area contributed by atoms with Crippen LogP contribution in [0.4, 0.5) is 0 Å². The van der Waals surface area contributed by atoms with E-state index in [1.54, 1.807) is 18.3 Å². The first-order valence-electron chi connectivity index (χ1n) is 14.3. The molecule has 11 heteroatoms. The number of carbonyl (C=O) groups is 1. The van der Waals surface area contributed by atoms with E-state index in [9.17, 15) is 20.3 Å². The standard InChI is InChI=1S/C34H32BrN3O7/c1-21-25(3-2-4-28(21)24-5-6-30-33(11-24)43-8-7-42-30)20-45-32-12-31(44-19-23-9-22(13-36)14-37-15-23)26(10-29(32)35)16-38-17-27(18-39)34(40)41/h2-6,9-12,14-15,27,38-39H,7-8,16-20H2,1H3,(H,40,41)/t27-/m0/s1. The Morgan fingerprint density at radius 1 is 1.04 bits per heavy atom. The zero-order chi connectivity index (χ0) is 31.8. The molecule has 0 unspecified atom stereocenters. The molecular weight excluding hydrogens is 642 g/mol. The molecule has 10 nitrogen and oxygen atoms in total. The second-order valence-corrected chi connectivity index (χ2v) is 11.3. The van der Waals surface area contributed by atoms with Gasteiger partial charge in [0, 0.05) is 42.7 Å². The van der Waals surface area contributed by atoms with Crippen molar-refractivity contribution in [3.05, 3.63) is 99.3 Å². The third-order valence-electron chi connectivity index (χ3n) is 7.39. The summed E-state index contributed by atoms with van der Waals surface area (Å²) in [5.41, 5.74) is 6.06. The van der Waals surface area contributed by atoms with Crippen LogP contribution in [0.25, 0.3) is 11.1 Å². The predicted molar refractivity (Wildman–Crippen MR) is 169 cm³/mol. The van der Waals surface area contributed by atoms with E-state index in [0.717, 1.165) is 44.9 Å². The Bertz CT molecular complexity index is 1720. The Balaban J connectivity index is 1.35. The van der Waals surface area contributed by atoms with Gasteiger partial charge >= 0.3 is 5.97 Å². The fraction of sp³-hybridized carbons (Fsp3) is 0.265. The summed E-state index contributed by atoms with van der Waals surface area (Å²) in [6.45, 7) is 3.46. The topological polar surface area (TPSA) is 143 Å². The Labute approximate surface area is 269 Å². The average Bonchev–Trinajstić information content (AvgIpc) is 3.06. The molecule has 0 saturated carbocycles. The van der Waals surface area contributed by atoms with Gasteiger partial charge in [-0.25, -0.2) is 0 Å². The molecule has 0 saturated heterocycles. The number of hydrogen-bond donors (Lipinski definition) is 3. The molecule has 1 aromatic heterocycles. The lowest BCUT2D eigenvalue weighted by Gasteiger charge is -2.20. The van der Waals surface area contributed by atoms with Crippen LogP contribution in [-0.4, -0.2) is 47.5 Å². The van der Waals surface area contributed by atoms with E-state index in [4.69, 9.17) is 18.9 Å². The van der Waals surface area contributed by atoms with Crippen molar-refractivity contribution in [2.75, 3.05) is 26.4 Å². The number of halogens is 1. The van der Waals surface area contributed by atoms with Gasteiger partial charge in [0.25, 0.3) is 0 Å². The summed E-state index contributed by atoms with van der Waals surface area (Å²) in [5, 5.41) is 31.0. The second kappa shape index (κ2) is 14.9. The van der Waals surface area contributed by atoms with Gasteiger partial charge in [-0.2, -0.15) is 5.26 Å². The van der Waals surface area contributed by atoms with Gasteiger partial charge in [0.15, 0.2) is 11.5 Å². The van der Waals surface area contributed by atoms with E-state index in [2.05, 4.69) is 45.3 Å². The molecule has 1 atom stereocenters. The first kappa shape index (κ1) is 31.8. The number of rotatable bonds is 13. The van der Waals surface area contributed by atoms with Gasteiger partial charge in [-0.1, -0.05) is 24.3 Å². The number of aliphatic carboxylic acids is 1. The van der Waals surface area contributed by atoms with E-state index in [-0.39, 0.29) is 19.7 Å². The molecule has 0 bridgehead atoms. The second-order valence-electron chi connectivity index (χ2n) is 10.5. The maximum atomic E-state index is 11.3. The van der Waals surface area contributed by atoms with Crippen molar-refractivity contribution in [3.8, 4) is 40.2 Å². The zero-order valence-electron chi connectivity index (χ0n) is 24.6. The number of nitrogens with zero attached hydrogens (tertiary/aromatic N) is 2. The van der Waals surface area contributed by atoms with E-state index in [1.807, 2.05) is 36.4 Å². The molecule has 1 aliphatic rings. The van der Waals surface area contributed by atoms with Crippen LogP contribution in [0.3, 0.4) is 0 Å². The van der Waals surface area contributed by atoms with Crippen molar-refractivity contribution < 1.29 is 34.0 Å². The van der Waals surface area contributed by atoms with Crippen molar-refractivity contribution in [2.24, 2.45) is 5.92 Å². The monoisotopic (exact) mass is 673 g/mol. The molecule has 0 amide bonds. The molecular formula is C34H32BrN3O7. The summed E-state index contributed by atoms with van der Waals surface area (Å²) < 4.78 is 24.6. The highest BCUT2D eigenvalue weighted by atomic mass is 79.9. The van der Waals surface area contributed by atoms with Crippen molar-refractivity contribution in [1.82, 2.24) is 10.3 Å². The van der Waals surface area contributed by atoms with Gasteiger partial charge in [0.1, 0.15) is 44.0 Å². The lowest BCUT2D eigenvalue weighted by Crippen LogP contribution is -2.30. The highest BCUT2D eigenvalue weighted by Gasteiger charge is 2.18. The summed E-state index contributed by atoms with van der Waals surface area (Å²) in [6, 6.07) is 19.5. The minimum atomic E-state index is -1.08. The van der Waals surface area contributed by atoms with Crippen molar-refractivity contribution in [3.63, 3.8) is 0 Å². The SMILES string of the molecule is Cc1c(COc2cc(OCc3cncc(C#N)c3)c(CNC[C@@H](CO)C(=O)O)cc2Br)cccc1-c1ccc2c(c1)OCCO2.